The Morgan fingerprint density at radius 1 is 1.42 bits per heavy atom. The lowest BCUT2D eigenvalue weighted by molar-refractivity contribution is 0.0605. The fourth-order valence-corrected chi connectivity index (χ4v) is 2.48. The van der Waals surface area contributed by atoms with Crippen LogP contribution in [0.2, 0.25) is 0 Å². The number of hydrogen-bond acceptors (Lipinski definition) is 5. The molecule has 0 saturated carbocycles. The Balaban J connectivity index is 2.29. The largest absolute Gasteiger partial charge is 0.465 e. The van der Waals surface area contributed by atoms with Gasteiger partial charge in [-0.1, -0.05) is 17.4 Å². The topological polar surface area (TPSA) is 51.2 Å². The molecular formula is C13H13FN2O2S. The van der Waals surface area contributed by atoms with Crippen molar-refractivity contribution in [2.75, 3.05) is 12.4 Å². The Hall–Kier alpha value is -1.95. The minimum atomic E-state index is -0.437. The molecule has 1 aromatic heterocycles. The summed E-state index contributed by atoms with van der Waals surface area (Å²) in [5.74, 6) is -0.800. The van der Waals surface area contributed by atoms with Gasteiger partial charge in [-0.2, -0.15) is 0 Å². The van der Waals surface area contributed by atoms with Gasteiger partial charge in [-0.15, -0.1) is 0 Å². The summed E-state index contributed by atoms with van der Waals surface area (Å²) >= 11 is 1.14. The number of hydrogen-bond donors (Lipinski definition) is 1. The molecule has 0 amide bonds. The number of esters is 1. The minimum Gasteiger partial charge on any atom is -0.465 e. The average molecular weight is 280 g/mol. The molecule has 19 heavy (non-hydrogen) atoms. The summed E-state index contributed by atoms with van der Waals surface area (Å²) in [5.41, 5.74) is 1.84. The summed E-state index contributed by atoms with van der Waals surface area (Å²) < 4.78 is 18.3. The molecule has 0 fully saturated rings. The zero-order chi connectivity index (χ0) is 14.0. The Labute approximate surface area is 114 Å². The molecule has 0 saturated heterocycles. The molecule has 0 radical (unpaired) electrons. The van der Waals surface area contributed by atoms with Crippen LogP contribution in [-0.4, -0.2) is 18.1 Å². The van der Waals surface area contributed by atoms with E-state index >= 15 is 0 Å². The van der Waals surface area contributed by atoms with Crippen molar-refractivity contribution in [1.29, 1.82) is 0 Å². The van der Waals surface area contributed by atoms with E-state index in [9.17, 15) is 9.18 Å². The number of aromatic nitrogens is 1. The lowest BCUT2D eigenvalue weighted by Crippen LogP contribution is -1.99. The second kappa shape index (κ2) is 5.36. The van der Waals surface area contributed by atoms with Crippen molar-refractivity contribution in [3.05, 3.63) is 40.2 Å². The van der Waals surface area contributed by atoms with Gasteiger partial charge in [-0.25, -0.2) is 14.2 Å². The number of methoxy groups -OCH3 is 1. The number of thiazole rings is 1. The molecule has 0 aliphatic carbocycles. The molecule has 0 bridgehead atoms. The molecule has 0 unspecified atom stereocenters. The van der Waals surface area contributed by atoms with Crippen LogP contribution < -0.4 is 5.32 Å². The van der Waals surface area contributed by atoms with E-state index in [4.69, 9.17) is 0 Å². The van der Waals surface area contributed by atoms with Crippen LogP contribution in [0.4, 0.5) is 15.2 Å². The molecule has 2 rings (SSSR count). The van der Waals surface area contributed by atoms with E-state index in [1.54, 1.807) is 19.1 Å². The first-order valence-corrected chi connectivity index (χ1v) is 6.42. The Kier molecular flexibility index (Phi) is 3.80. The molecule has 2 aromatic rings. The molecule has 0 aliphatic heterocycles. The third-order valence-electron chi connectivity index (χ3n) is 2.53. The van der Waals surface area contributed by atoms with Gasteiger partial charge in [0.15, 0.2) is 5.13 Å². The second-order valence-corrected chi connectivity index (χ2v) is 5.03. The molecule has 6 heteroatoms. The van der Waals surface area contributed by atoms with Crippen molar-refractivity contribution in [2.24, 2.45) is 0 Å². The van der Waals surface area contributed by atoms with Crippen molar-refractivity contribution in [3.63, 3.8) is 0 Å². The van der Waals surface area contributed by atoms with Crippen molar-refractivity contribution < 1.29 is 13.9 Å². The van der Waals surface area contributed by atoms with E-state index < -0.39 is 5.97 Å². The van der Waals surface area contributed by atoms with Gasteiger partial charge >= 0.3 is 5.97 Å². The quantitative estimate of drug-likeness (QED) is 0.875. The number of rotatable bonds is 3. The Morgan fingerprint density at radius 2 is 2.16 bits per heavy atom. The monoisotopic (exact) mass is 280 g/mol. The van der Waals surface area contributed by atoms with E-state index in [-0.39, 0.29) is 5.82 Å². The summed E-state index contributed by atoms with van der Waals surface area (Å²) in [6, 6.07) is 4.76. The molecule has 0 atom stereocenters. The molecule has 0 spiro atoms. The first-order chi connectivity index (χ1) is 9.01. The normalized spacial score (nSPS) is 10.3. The van der Waals surface area contributed by atoms with E-state index in [1.165, 1.54) is 13.2 Å². The lowest BCUT2D eigenvalue weighted by atomic mass is 10.2. The second-order valence-electron chi connectivity index (χ2n) is 4.03. The van der Waals surface area contributed by atoms with Gasteiger partial charge in [-0.3, -0.25) is 0 Å². The van der Waals surface area contributed by atoms with Crippen LogP contribution in [0.3, 0.4) is 0 Å². The van der Waals surface area contributed by atoms with Crippen molar-refractivity contribution in [2.45, 2.75) is 13.8 Å². The smallest absolute Gasteiger partial charge is 0.350 e. The third-order valence-corrected chi connectivity index (χ3v) is 3.58. The summed E-state index contributed by atoms with van der Waals surface area (Å²) in [5, 5.41) is 3.34. The predicted octanol–water partition coefficient (Wildman–Crippen LogP) is 3.43. The maximum absolute atomic E-state index is 13.6. The third kappa shape index (κ3) is 2.90. The van der Waals surface area contributed by atoms with Gasteiger partial charge in [0.2, 0.25) is 0 Å². The fourth-order valence-electron chi connectivity index (χ4n) is 1.58. The fraction of sp³-hybridized carbons (Fsp3) is 0.231. The number of nitrogens with one attached hydrogen (secondary N) is 1. The van der Waals surface area contributed by atoms with E-state index in [1.807, 2.05) is 6.92 Å². The highest BCUT2D eigenvalue weighted by Crippen LogP contribution is 2.27. The van der Waals surface area contributed by atoms with Crippen molar-refractivity contribution >= 4 is 28.1 Å². The highest BCUT2D eigenvalue weighted by molar-refractivity contribution is 7.17. The molecule has 100 valence electrons. The number of ether oxygens (including phenoxy) is 1. The SMILES string of the molecule is COC(=O)c1sc(Nc2cc(C)ccc2F)nc1C. The highest BCUT2D eigenvalue weighted by atomic mass is 32.1. The first kappa shape index (κ1) is 13.5. The zero-order valence-electron chi connectivity index (χ0n) is 10.8. The summed E-state index contributed by atoms with van der Waals surface area (Å²) in [4.78, 5) is 16.1. The van der Waals surface area contributed by atoms with Crippen molar-refractivity contribution in [1.82, 2.24) is 4.98 Å². The van der Waals surface area contributed by atoms with Crippen LogP contribution >= 0.6 is 11.3 Å². The predicted molar refractivity (Wildman–Crippen MR) is 72.6 cm³/mol. The number of aryl methyl sites for hydroxylation is 2. The maximum Gasteiger partial charge on any atom is 0.350 e. The number of halogens is 1. The standard InChI is InChI=1S/C13H13FN2O2S/c1-7-4-5-9(14)10(6-7)16-13-15-8(2)11(19-13)12(17)18-3/h4-6H,1-3H3,(H,15,16). The van der Waals surface area contributed by atoms with Crippen LogP contribution in [0.15, 0.2) is 18.2 Å². The van der Waals surface area contributed by atoms with E-state index in [2.05, 4.69) is 15.0 Å². The van der Waals surface area contributed by atoms with Gasteiger partial charge in [0.25, 0.3) is 0 Å². The number of carbonyl (C=O) groups is 1. The minimum absolute atomic E-state index is 0.338. The highest BCUT2D eigenvalue weighted by Gasteiger charge is 2.16. The Bertz CT molecular complexity index is 625. The van der Waals surface area contributed by atoms with Crippen LogP contribution in [0, 0.1) is 19.7 Å². The summed E-state index contributed by atoms with van der Waals surface area (Å²) in [6.07, 6.45) is 0. The molecule has 1 N–H and O–H groups in total. The van der Waals surface area contributed by atoms with E-state index in [0.717, 1.165) is 16.9 Å². The molecule has 1 aromatic carbocycles. The van der Waals surface area contributed by atoms with Crippen LogP contribution in [0.25, 0.3) is 0 Å². The number of nitrogens with zero attached hydrogens (tertiary/aromatic N) is 1. The van der Waals surface area contributed by atoms with Crippen molar-refractivity contribution in [3.8, 4) is 0 Å². The van der Waals surface area contributed by atoms with Crippen LogP contribution in [-0.2, 0) is 4.74 Å². The first-order valence-electron chi connectivity index (χ1n) is 5.60. The summed E-state index contributed by atoms with van der Waals surface area (Å²) in [7, 11) is 1.31. The number of carbonyl (C=O) groups excluding carboxylic acids is 1. The zero-order valence-corrected chi connectivity index (χ0v) is 11.6. The lowest BCUT2D eigenvalue weighted by Gasteiger charge is -2.04. The van der Waals surface area contributed by atoms with Crippen LogP contribution in [0.5, 0.6) is 0 Å². The van der Waals surface area contributed by atoms with Gasteiger partial charge in [0, 0.05) is 0 Å². The molecule has 1 heterocycles. The van der Waals surface area contributed by atoms with Crippen LogP contribution in [0.1, 0.15) is 20.9 Å². The molecule has 4 nitrogen and oxygen atoms in total. The summed E-state index contributed by atoms with van der Waals surface area (Å²) in [6.45, 7) is 3.58. The molecular weight excluding hydrogens is 267 g/mol. The van der Waals surface area contributed by atoms with E-state index in [0.29, 0.717) is 21.4 Å². The Morgan fingerprint density at radius 3 is 2.84 bits per heavy atom. The van der Waals surface area contributed by atoms with Gasteiger partial charge in [0.1, 0.15) is 10.7 Å². The van der Waals surface area contributed by atoms with Gasteiger partial charge in [-0.05, 0) is 31.5 Å². The van der Waals surface area contributed by atoms with Gasteiger partial charge in [0.05, 0.1) is 18.5 Å². The average Bonchev–Trinajstić information content (AvgIpc) is 2.74. The maximum atomic E-state index is 13.6. The molecule has 0 aliphatic rings. The number of anilines is 2. The number of benzene rings is 1. The van der Waals surface area contributed by atoms with Gasteiger partial charge < -0.3 is 10.1 Å².